The zero-order chi connectivity index (χ0) is 15.6. The first-order chi connectivity index (χ1) is 8.98. The standard InChI is InChI=1S/C12H22FNO5S/c1-12(2,3)19-11(15)14-6-5-9(10(13)7-14)8-18-20(4,16)17/h9-10H,5-8H2,1-4H3/t9?,10-/m1/s1. The lowest BCUT2D eigenvalue weighted by Gasteiger charge is -2.35. The van der Waals surface area contributed by atoms with Gasteiger partial charge < -0.3 is 9.64 Å². The van der Waals surface area contributed by atoms with E-state index in [0.29, 0.717) is 13.0 Å². The molecule has 1 heterocycles. The van der Waals surface area contributed by atoms with E-state index < -0.39 is 33.9 Å². The van der Waals surface area contributed by atoms with E-state index in [4.69, 9.17) is 4.74 Å². The number of hydrogen-bond donors (Lipinski definition) is 0. The van der Waals surface area contributed by atoms with Crippen LogP contribution in [0.15, 0.2) is 0 Å². The molecule has 0 N–H and O–H groups in total. The van der Waals surface area contributed by atoms with Crippen LogP contribution in [0.3, 0.4) is 0 Å². The van der Waals surface area contributed by atoms with Gasteiger partial charge in [-0.3, -0.25) is 4.18 Å². The van der Waals surface area contributed by atoms with Crippen LogP contribution in [0, 0.1) is 5.92 Å². The predicted molar refractivity (Wildman–Crippen MR) is 71.6 cm³/mol. The summed E-state index contributed by atoms with van der Waals surface area (Å²) < 4.78 is 45.5. The maximum atomic E-state index is 13.9. The first-order valence-electron chi connectivity index (χ1n) is 6.44. The number of amides is 1. The average molecular weight is 311 g/mol. The van der Waals surface area contributed by atoms with Crippen LogP contribution in [0.25, 0.3) is 0 Å². The molecule has 1 unspecified atom stereocenters. The van der Waals surface area contributed by atoms with E-state index in [-0.39, 0.29) is 13.2 Å². The van der Waals surface area contributed by atoms with Gasteiger partial charge in [0.25, 0.3) is 10.1 Å². The van der Waals surface area contributed by atoms with Crippen LogP contribution in [-0.4, -0.2) is 57.1 Å². The lowest BCUT2D eigenvalue weighted by Crippen LogP contribution is -2.47. The Morgan fingerprint density at radius 2 is 2.00 bits per heavy atom. The fourth-order valence-electron chi connectivity index (χ4n) is 1.84. The van der Waals surface area contributed by atoms with Gasteiger partial charge in [-0.25, -0.2) is 9.18 Å². The lowest BCUT2D eigenvalue weighted by molar-refractivity contribution is 0.000697. The van der Waals surface area contributed by atoms with Gasteiger partial charge in [0, 0.05) is 12.5 Å². The highest BCUT2D eigenvalue weighted by molar-refractivity contribution is 7.85. The zero-order valence-electron chi connectivity index (χ0n) is 12.3. The summed E-state index contributed by atoms with van der Waals surface area (Å²) in [6, 6.07) is 0. The minimum Gasteiger partial charge on any atom is -0.444 e. The summed E-state index contributed by atoms with van der Waals surface area (Å²) in [5.41, 5.74) is -0.626. The molecule has 0 spiro atoms. The minimum absolute atomic E-state index is 0.104. The third kappa shape index (κ3) is 6.04. The summed E-state index contributed by atoms with van der Waals surface area (Å²) in [7, 11) is -3.57. The number of hydrogen-bond acceptors (Lipinski definition) is 5. The second kappa shape index (κ2) is 6.26. The molecule has 1 saturated heterocycles. The second-order valence-corrected chi connectivity index (χ2v) is 7.62. The SMILES string of the molecule is CC(C)(C)OC(=O)N1CCC(COS(C)(=O)=O)[C@H](F)C1. The van der Waals surface area contributed by atoms with Gasteiger partial charge >= 0.3 is 6.09 Å². The molecule has 0 saturated carbocycles. The van der Waals surface area contributed by atoms with E-state index in [1.807, 2.05) is 0 Å². The molecule has 20 heavy (non-hydrogen) atoms. The lowest BCUT2D eigenvalue weighted by atomic mass is 9.96. The number of likely N-dealkylation sites (tertiary alicyclic amines) is 1. The van der Waals surface area contributed by atoms with Gasteiger partial charge in [-0.1, -0.05) is 0 Å². The molecule has 1 fully saturated rings. The molecule has 0 aromatic rings. The van der Waals surface area contributed by atoms with E-state index in [1.54, 1.807) is 20.8 Å². The van der Waals surface area contributed by atoms with Gasteiger partial charge in [-0.2, -0.15) is 8.42 Å². The molecule has 2 atom stereocenters. The molecule has 6 nitrogen and oxygen atoms in total. The molecule has 1 aliphatic rings. The average Bonchev–Trinajstić information content (AvgIpc) is 2.23. The van der Waals surface area contributed by atoms with Crippen molar-refractivity contribution in [2.45, 2.75) is 39.0 Å². The van der Waals surface area contributed by atoms with Crippen LogP contribution in [0.1, 0.15) is 27.2 Å². The van der Waals surface area contributed by atoms with Gasteiger partial charge in [-0.15, -0.1) is 0 Å². The fraction of sp³-hybridized carbons (Fsp3) is 0.917. The number of carbonyl (C=O) groups is 1. The van der Waals surface area contributed by atoms with Crippen molar-refractivity contribution >= 4 is 16.2 Å². The molecular formula is C12H22FNO5S. The van der Waals surface area contributed by atoms with Crippen molar-refractivity contribution in [1.82, 2.24) is 4.90 Å². The molecule has 1 amide bonds. The summed E-state index contributed by atoms with van der Waals surface area (Å²) in [6.45, 7) is 5.25. The third-order valence-electron chi connectivity index (χ3n) is 2.82. The molecule has 0 radical (unpaired) electrons. The topological polar surface area (TPSA) is 72.9 Å². The predicted octanol–water partition coefficient (Wildman–Crippen LogP) is 1.56. The monoisotopic (exact) mass is 311 g/mol. The molecule has 1 rings (SSSR count). The van der Waals surface area contributed by atoms with Crippen molar-refractivity contribution in [3.8, 4) is 0 Å². The molecule has 0 aromatic heterocycles. The highest BCUT2D eigenvalue weighted by Gasteiger charge is 2.34. The smallest absolute Gasteiger partial charge is 0.410 e. The number of halogens is 1. The third-order valence-corrected chi connectivity index (χ3v) is 3.39. The number of piperidine rings is 1. The quantitative estimate of drug-likeness (QED) is 0.740. The first-order valence-corrected chi connectivity index (χ1v) is 8.26. The normalized spacial score (nSPS) is 24.6. The molecule has 118 valence electrons. The van der Waals surface area contributed by atoms with Crippen molar-refractivity contribution in [2.24, 2.45) is 5.92 Å². The Morgan fingerprint density at radius 3 is 2.45 bits per heavy atom. The van der Waals surface area contributed by atoms with Gasteiger partial charge in [0.1, 0.15) is 11.8 Å². The Balaban J connectivity index is 2.49. The van der Waals surface area contributed by atoms with Crippen molar-refractivity contribution in [3.63, 3.8) is 0 Å². The van der Waals surface area contributed by atoms with Crippen LogP contribution >= 0.6 is 0 Å². The Kier molecular flexibility index (Phi) is 5.37. The number of carbonyl (C=O) groups excluding carboxylic acids is 1. The van der Waals surface area contributed by atoms with Gasteiger partial charge in [-0.05, 0) is 27.2 Å². The number of rotatable bonds is 3. The van der Waals surface area contributed by atoms with E-state index in [2.05, 4.69) is 4.18 Å². The van der Waals surface area contributed by atoms with E-state index in [0.717, 1.165) is 6.26 Å². The molecular weight excluding hydrogens is 289 g/mol. The summed E-state index contributed by atoms with van der Waals surface area (Å²) in [5.74, 6) is -0.525. The van der Waals surface area contributed by atoms with Crippen LogP contribution in [0.5, 0.6) is 0 Å². The largest absolute Gasteiger partial charge is 0.444 e. The van der Waals surface area contributed by atoms with E-state index in [9.17, 15) is 17.6 Å². The molecule has 0 bridgehead atoms. The van der Waals surface area contributed by atoms with E-state index >= 15 is 0 Å². The Morgan fingerprint density at radius 1 is 1.40 bits per heavy atom. The Bertz CT molecular complexity index is 445. The summed E-state index contributed by atoms with van der Waals surface area (Å²) in [4.78, 5) is 13.1. The molecule has 0 aromatic carbocycles. The van der Waals surface area contributed by atoms with Crippen LogP contribution in [-0.2, 0) is 19.0 Å². The number of alkyl halides is 1. The second-order valence-electron chi connectivity index (χ2n) is 5.98. The maximum absolute atomic E-state index is 13.9. The van der Waals surface area contributed by atoms with Crippen molar-refractivity contribution in [3.05, 3.63) is 0 Å². The Labute approximate surface area is 119 Å². The molecule has 1 aliphatic heterocycles. The van der Waals surface area contributed by atoms with Gasteiger partial charge in [0.15, 0.2) is 0 Å². The van der Waals surface area contributed by atoms with Gasteiger partial charge in [0.05, 0.1) is 19.4 Å². The maximum Gasteiger partial charge on any atom is 0.410 e. The minimum atomic E-state index is -3.57. The Hall–Kier alpha value is -0.890. The molecule has 0 aliphatic carbocycles. The van der Waals surface area contributed by atoms with Crippen molar-refractivity contribution in [2.75, 3.05) is 26.0 Å². The summed E-state index contributed by atoms with van der Waals surface area (Å²) in [6.07, 6.45) is -0.605. The first kappa shape index (κ1) is 17.2. The highest BCUT2D eigenvalue weighted by Crippen LogP contribution is 2.23. The van der Waals surface area contributed by atoms with Crippen LogP contribution in [0.4, 0.5) is 9.18 Å². The van der Waals surface area contributed by atoms with Gasteiger partial charge in [0.2, 0.25) is 0 Å². The van der Waals surface area contributed by atoms with E-state index in [1.165, 1.54) is 4.90 Å². The van der Waals surface area contributed by atoms with Crippen molar-refractivity contribution in [1.29, 1.82) is 0 Å². The van der Waals surface area contributed by atoms with Crippen molar-refractivity contribution < 1.29 is 26.5 Å². The summed E-state index contributed by atoms with van der Waals surface area (Å²) in [5, 5.41) is 0. The number of nitrogens with zero attached hydrogens (tertiary/aromatic N) is 1. The number of ether oxygens (including phenoxy) is 1. The molecule has 8 heteroatoms. The fourth-order valence-corrected chi connectivity index (χ4v) is 2.27. The van der Waals surface area contributed by atoms with Crippen LogP contribution < -0.4 is 0 Å². The highest BCUT2D eigenvalue weighted by atomic mass is 32.2. The van der Waals surface area contributed by atoms with Crippen LogP contribution in [0.2, 0.25) is 0 Å². The zero-order valence-corrected chi connectivity index (χ0v) is 13.1. The summed E-state index contributed by atoms with van der Waals surface area (Å²) >= 11 is 0.